The van der Waals surface area contributed by atoms with Crippen LogP contribution in [-0.4, -0.2) is 11.1 Å². The fraction of sp³-hybridized carbons (Fsp3) is 0.750. The van der Waals surface area contributed by atoms with E-state index in [1.54, 1.807) is 0 Å². The number of carboxylic acid groups (broad SMARTS) is 1. The SMILES string of the molecule is CC(C)(C#N)CCCC(=O)O. The standard InChI is InChI=1S/C8H13NO2/c1-8(2,6-9)5-3-4-7(10)11/h3-5H2,1-2H3,(H,10,11). The second-order valence-electron chi connectivity index (χ2n) is 3.24. The Morgan fingerprint density at radius 3 is 2.55 bits per heavy atom. The highest BCUT2D eigenvalue weighted by Crippen LogP contribution is 2.21. The fourth-order valence-electron chi connectivity index (χ4n) is 0.737. The lowest BCUT2D eigenvalue weighted by Crippen LogP contribution is -2.08. The van der Waals surface area contributed by atoms with Crippen LogP contribution in [0.25, 0.3) is 0 Å². The summed E-state index contributed by atoms with van der Waals surface area (Å²) < 4.78 is 0. The molecule has 0 unspecified atom stereocenters. The van der Waals surface area contributed by atoms with Gasteiger partial charge in [0.05, 0.1) is 11.5 Å². The van der Waals surface area contributed by atoms with E-state index in [9.17, 15) is 4.79 Å². The van der Waals surface area contributed by atoms with Crippen molar-refractivity contribution in [3.8, 4) is 6.07 Å². The van der Waals surface area contributed by atoms with Crippen molar-refractivity contribution < 1.29 is 9.90 Å². The van der Waals surface area contributed by atoms with Crippen LogP contribution in [0.5, 0.6) is 0 Å². The van der Waals surface area contributed by atoms with Crippen LogP contribution < -0.4 is 0 Å². The zero-order chi connectivity index (χ0) is 8.91. The van der Waals surface area contributed by atoms with E-state index in [2.05, 4.69) is 6.07 Å². The molecule has 3 nitrogen and oxygen atoms in total. The molecule has 11 heavy (non-hydrogen) atoms. The average Bonchev–Trinajstić information content (AvgIpc) is 1.87. The molecule has 3 heteroatoms. The molecule has 0 aliphatic carbocycles. The molecule has 0 aliphatic rings. The monoisotopic (exact) mass is 155 g/mol. The minimum atomic E-state index is -0.793. The van der Waals surface area contributed by atoms with Gasteiger partial charge in [0.1, 0.15) is 0 Å². The van der Waals surface area contributed by atoms with Crippen LogP contribution in [0.3, 0.4) is 0 Å². The largest absolute Gasteiger partial charge is 0.481 e. The lowest BCUT2D eigenvalue weighted by atomic mass is 9.89. The molecule has 1 N–H and O–H groups in total. The van der Waals surface area contributed by atoms with Crippen molar-refractivity contribution in [2.45, 2.75) is 33.1 Å². The summed E-state index contributed by atoms with van der Waals surface area (Å²) >= 11 is 0. The first-order valence-corrected chi connectivity index (χ1v) is 3.61. The average molecular weight is 155 g/mol. The van der Waals surface area contributed by atoms with Gasteiger partial charge in [-0.15, -0.1) is 0 Å². The zero-order valence-corrected chi connectivity index (χ0v) is 6.92. The smallest absolute Gasteiger partial charge is 0.303 e. The number of aliphatic carboxylic acids is 1. The van der Waals surface area contributed by atoms with Crippen LogP contribution in [0.15, 0.2) is 0 Å². The number of carboxylic acids is 1. The summed E-state index contributed by atoms with van der Waals surface area (Å²) in [5.41, 5.74) is -0.380. The maximum Gasteiger partial charge on any atom is 0.303 e. The van der Waals surface area contributed by atoms with E-state index in [1.807, 2.05) is 13.8 Å². The van der Waals surface area contributed by atoms with Gasteiger partial charge < -0.3 is 5.11 Å². The summed E-state index contributed by atoms with van der Waals surface area (Å²) in [4.78, 5) is 10.1. The number of hydrogen-bond acceptors (Lipinski definition) is 2. The summed E-state index contributed by atoms with van der Waals surface area (Å²) in [5, 5.41) is 16.9. The van der Waals surface area contributed by atoms with E-state index >= 15 is 0 Å². The Bertz CT molecular complexity index is 179. The van der Waals surface area contributed by atoms with Gasteiger partial charge in [-0.25, -0.2) is 0 Å². The summed E-state index contributed by atoms with van der Waals surface area (Å²) in [6.45, 7) is 3.63. The first-order chi connectivity index (χ1) is 4.98. The molecular weight excluding hydrogens is 142 g/mol. The van der Waals surface area contributed by atoms with E-state index in [4.69, 9.17) is 10.4 Å². The summed E-state index contributed by atoms with van der Waals surface area (Å²) in [7, 11) is 0. The highest BCUT2D eigenvalue weighted by atomic mass is 16.4. The van der Waals surface area contributed by atoms with Crippen LogP contribution >= 0.6 is 0 Å². The first-order valence-electron chi connectivity index (χ1n) is 3.61. The van der Waals surface area contributed by atoms with E-state index in [0.29, 0.717) is 12.8 Å². The maximum absolute atomic E-state index is 10.1. The van der Waals surface area contributed by atoms with Gasteiger partial charge in [-0.3, -0.25) is 4.79 Å². The van der Waals surface area contributed by atoms with Crippen molar-refractivity contribution in [2.75, 3.05) is 0 Å². The Morgan fingerprint density at radius 1 is 1.64 bits per heavy atom. The van der Waals surface area contributed by atoms with Crippen molar-refractivity contribution in [2.24, 2.45) is 5.41 Å². The summed E-state index contributed by atoms with van der Waals surface area (Å²) in [5.74, 6) is -0.793. The Balaban J connectivity index is 3.56. The van der Waals surface area contributed by atoms with Crippen LogP contribution in [0.4, 0.5) is 0 Å². The molecular formula is C8H13NO2. The third-order valence-electron chi connectivity index (χ3n) is 1.50. The fourth-order valence-corrected chi connectivity index (χ4v) is 0.737. The third kappa shape index (κ3) is 5.41. The second-order valence-corrected chi connectivity index (χ2v) is 3.24. The van der Waals surface area contributed by atoms with Crippen LogP contribution in [0.1, 0.15) is 33.1 Å². The quantitative estimate of drug-likeness (QED) is 0.673. The molecule has 0 saturated carbocycles. The molecule has 0 saturated heterocycles. The van der Waals surface area contributed by atoms with Gasteiger partial charge in [0.2, 0.25) is 0 Å². The summed E-state index contributed by atoms with van der Waals surface area (Å²) in [6.07, 6.45) is 1.39. The minimum absolute atomic E-state index is 0.158. The van der Waals surface area contributed by atoms with Crippen molar-refractivity contribution >= 4 is 5.97 Å². The number of hydrogen-bond donors (Lipinski definition) is 1. The van der Waals surface area contributed by atoms with Gasteiger partial charge >= 0.3 is 5.97 Å². The lowest BCUT2D eigenvalue weighted by Gasteiger charge is -2.12. The molecule has 62 valence electrons. The molecule has 0 aromatic heterocycles. The zero-order valence-electron chi connectivity index (χ0n) is 6.92. The van der Waals surface area contributed by atoms with Gasteiger partial charge in [-0.1, -0.05) is 0 Å². The van der Waals surface area contributed by atoms with Crippen molar-refractivity contribution in [3.63, 3.8) is 0 Å². The van der Waals surface area contributed by atoms with E-state index in [1.165, 1.54) is 0 Å². The van der Waals surface area contributed by atoms with Crippen molar-refractivity contribution in [3.05, 3.63) is 0 Å². The third-order valence-corrected chi connectivity index (χ3v) is 1.50. The molecule has 0 bridgehead atoms. The van der Waals surface area contributed by atoms with E-state index < -0.39 is 5.97 Å². The Morgan fingerprint density at radius 2 is 2.18 bits per heavy atom. The molecule has 0 amide bonds. The molecule has 0 fully saturated rings. The highest BCUT2D eigenvalue weighted by Gasteiger charge is 2.16. The number of nitriles is 1. The molecule has 0 atom stereocenters. The highest BCUT2D eigenvalue weighted by molar-refractivity contribution is 5.66. The number of carbonyl (C=O) groups is 1. The molecule has 0 spiro atoms. The van der Waals surface area contributed by atoms with Crippen LogP contribution in [0.2, 0.25) is 0 Å². The van der Waals surface area contributed by atoms with Gasteiger partial charge in [0, 0.05) is 6.42 Å². The predicted octanol–water partition coefficient (Wildman–Crippen LogP) is 1.79. The number of nitrogens with zero attached hydrogens (tertiary/aromatic N) is 1. The van der Waals surface area contributed by atoms with E-state index in [0.717, 1.165) is 0 Å². The van der Waals surface area contributed by atoms with Crippen molar-refractivity contribution in [1.82, 2.24) is 0 Å². The molecule has 0 rings (SSSR count). The topological polar surface area (TPSA) is 61.1 Å². The van der Waals surface area contributed by atoms with Gasteiger partial charge in [-0.2, -0.15) is 5.26 Å². The minimum Gasteiger partial charge on any atom is -0.481 e. The Labute approximate surface area is 66.6 Å². The van der Waals surface area contributed by atoms with Crippen LogP contribution in [-0.2, 0) is 4.79 Å². The number of rotatable bonds is 4. The van der Waals surface area contributed by atoms with Gasteiger partial charge in [0.25, 0.3) is 0 Å². The summed E-state index contributed by atoms with van der Waals surface area (Å²) in [6, 6.07) is 2.12. The molecule has 0 aliphatic heterocycles. The Kier molecular flexibility index (Phi) is 3.59. The maximum atomic E-state index is 10.1. The molecule has 0 heterocycles. The lowest BCUT2D eigenvalue weighted by molar-refractivity contribution is -0.137. The Hall–Kier alpha value is -1.04. The molecule has 0 aromatic carbocycles. The van der Waals surface area contributed by atoms with Gasteiger partial charge in [-0.05, 0) is 26.7 Å². The first kappa shape index (κ1) is 9.96. The normalized spacial score (nSPS) is 10.6. The molecule has 0 radical (unpaired) electrons. The molecule has 0 aromatic rings. The van der Waals surface area contributed by atoms with Gasteiger partial charge in [0.15, 0.2) is 0 Å². The van der Waals surface area contributed by atoms with Crippen molar-refractivity contribution in [1.29, 1.82) is 5.26 Å². The second kappa shape index (κ2) is 3.97. The van der Waals surface area contributed by atoms with Crippen LogP contribution in [0, 0.1) is 16.7 Å². The predicted molar refractivity (Wildman–Crippen MR) is 40.9 cm³/mol. The van der Waals surface area contributed by atoms with E-state index in [-0.39, 0.29) is 11.8 Å².